The van der Waals surface area contributed by atoms with Crippen molar-refractivity contribution in [1.82, 2.24) is 0 Å². The molecule has 0 aliphatic heterocycles. The molecule has 0 heterocycles. The molecule has 0 atom stereocenters. The van der Waals surface area contributed by atoms with Gasteiger partial charge in [0.05, 0.1) is 21.8 Å². The predicted octanol–water partition coefficient (Wildman–Crippen LogP) is 6.53. The third-order valence-corrected chi connectivity index (χ3v) is 4.79. The van der Waals surface area contributed by atoms with Crippen LogP contribution in [0.2, 0.25) is 10.0 Å². The molecule has 1 N–H and O–H groups in total. The van der Waals surface area contributed by atoms with Crippen LogP contribution in [0.5, 0.6) is 5.75 Å². The van der Waals surface area contributed by atoms with Crippen LogP contribution in [0.1, 0.15) is 12.5 Å². The van der Waals surface area contributed by atoms with E-state index in [9.17, 15) is 0 Å². The quantitative estimate of drug-likeness (QED) is 0.555. The van der Waals surface area contributed by atoms with Crippen molar-refractivity contribution in [1.29, 1.82) is 0 Å². The second kappa shape index (κ2) is 7.73. The zero-order chi connectivity index (χ0) is 15.4. The minimum absolute atomic E-state index is 0.585. The molecule has 0 unspecified atom stereocenters. The molecule has 0 spiro atoms. The Kier molecular flexibility index (Phi) is 6.23. The second-order valence-corrected chi connectivity index (χ2v) is 6.85. The summed E-state index contributed by atoms with van der Waals surface area (Å²) < 4.78 is 7.36. The first-order valence-corrected chi connectivity index (χ1v) is 8.65. The highest BCUT2D eigenvalue weighted by Crippen LogP contribution is 2.37. The van der Waals surface area contributed by atoms with Crippen molar-refractivity contribution < 1.29 is 4.74 Å². The zero-order valence-corrected chi connectivity index (χ0v) is 15.9. The van der Waals surface area contributed by atoms with Crippen molar-refractivity contribution in [3.05, 3.63) is 54.9 Å². The fourth-order valence-electron chi connectivity index (χ4n) is 1.83. The van der Waals surface area contributed by atoms with Crippen molar-refractivity contribution in [2.75, 3.05) is 11.9 Å². The van der Waals surface area contributed by atoms with E-state index in [0.29, 0.717) is 23.2 Å². The molecular weight excluding hydrogens is 441 g/mol. The van der Waals surface area contributed by atoms with Crippen molar-refractivity contribution >= 4 is 60.7 Å². The van der Waals surface area contributed by atoms with E-state index >= 15 is 0 Å². The van der Waals surface area contributed by atoms with Crippen LogP contribution in [0.4, 0.5) is 5.69 Å². The number of anilines is 1. The number of ether oxygens (including phenoxy) is 1. The molecule has 21 heavy (non-hydrogen) atoms. The summed E-state index contributed by atoms with van der Waals surface area (Å²) in [5.74, 6) is 0.759. The standard InChI is InChI=1S/C15H13Br2Cl2NO/c1-2-21-15-12(17)6-10(18)7-14(15)20-8-9-3-4-13(19)11(16)5-9/h3-7,20H,2,8H2,1H3. The normalized spacial score (nSPS) is 10.5. The number of hydrogen-bond acceptors (Lipinski definition) is 2. The fraction of sp³-hybridized carbons (Fsp3) is 0.200. The number of nitrogens with one attached hydrogen (secondary N) is 1. The molecule has 0 fully saturated rings. The van der Waals surface area contributed by atoms with Crippen LogP contribution in [0.25, 0.3) is 0 Å². The largest absolute Gasteiger partial charge is 0.491 e. The average Bonchev–Trinajstić information content (AvgIpc) is 2.43. The Bertz CT molecular complexity index is 650. The zero-order valence-electron chi connectivity index (χ0n) is 11.2. The van der Waals surface area contributed by atoms with Gasteiger partial charge >= 0.3 is 0 Å². The molecular formula is C15H13Br2Cl2NO. The van der Waals surface area contributed by atoms with Crippen LogP contribution >= 0.6 is 55.1 Å². The first-order chi connectivity index (χ1) is 10.0. The molecule has 0 radical (unpaired) electrons. The van der Waals surface area contributed by atoms with E-state index in [-0.39, 0.29) is 0 Å². The van der Waals surface area contributed by atoms with Crippen LogP contribution in [-0.2, 0) is 6.54 Å². The van der Waals surface area contributed by atoms with Gasteiger partial charge in [0.15, 0.2) is 5.75 Å². The Hall–Kier alpha value is -0.420. The van der Waals surface area contributed by atoms with Crippen molar-refractivity contribution in [3.8, 4) is 5.75 Å². The molecule has 0 aliphatic carbocycles. The molecule has 2 rings (SSSR count). The molecule has 0 saturated heterocycles. The molecule has 0 aliphatic rings. The highest BCUT2D eigenvalue weighted by molar-refractivity contribution is 9.10. The molecule has 2 aromatic carbocycles. The van der Waals surface area contributed by atoms with Crippen LogP contribution in [0, 0.1) is 0 Å². The Morgan fingerprint density at radius 1 is 1.10 bits per heavy atom. The van der Waals surface area contributed by atoms with Gasteiger partial charge < -0.3 is 10.1 Å². The molecule has 2 aromatic rings. The van der Waals surface area contributed by atoms with E-state index in [4.69, 9.17) is 27.9 Å². The van der Waals surface area contributed by atoms with Crippen molar-refractivity contribution in [3.63, 3.8) is 0 Å². The Balaban J connectivity index is 2.20. The van der Waals surface area contributed by atoms with Gasteiger partial charge in [-0.2, -0.15) is 0 Å². The van der Waals surface area contributed by atoms with E-state index in [1.807, 2.05) is 37.3 Å². The van der Waals surface area contributed by atoms with Gasteiger partial charge in [0.1, 0.15) is 0 Å². The van der Waals surface area contributed by atoms with E-state index in [1.54, 1.807) is 0 Å². The lowest BCUT2D eigenvalue weighted by Crippen LogP contribution is -2.03. The van der Waals surface area contributed by atoms with Gasteiger partial charge in [-0.3, -0.25) is 0 Å². The van der Waals surface area contributed by atoms with E-state index in [1.165, 1.54) is 0 Å². The topological polar surface area (TPSA) is 21.3 Å². The van der Waals surface area contributed by atoms with Gasteiger partial charge in [-0.25, -0.2) is 0 Å². The summed E-state index contributed by atoms with van der Waals surface area (Å²) in [5, 5.41) is 4.68. The average molecular weight is 454 g/mol. The van der Waals surface area contributed by atoms with E-state index < -0.39 is 0 Å². The summed E-state index contributed by atoms with van der Waals surface area (Å²) in [5.41, 5.74) is 1.95. The lowest BCUT2D eigenvalue weighted by atomic mass is 10.2. The van der Waals surface area contributed by atoms with E-state index in [2.05, 4.69) is 37.2 Å². The summed E-state index contributed by atoms with van der Waals surface area (Å²) in [7, 11) is 0. The van der Waals surface area contributed by atoms with Gasteiger partial charge in [-0.15, -0.1) is 0 Å². The molecule has 112 valence electrons. The Morgan fingerprint density at radius 2 is 1.86 bits per heavy atom. The summed E-state index contributed by atoms with van der Waals surface area (Å²) in [4.78, 5) is 0. The second-order valence-electron chi connectivity index (χ2n) is 4.30. The monoisotopic (exact) mass is 451 g/mol. The number of benzene rings is 2. The van der Waals surface area contributed by atoms with Crippen molar-refractivity contribution in [2.24, 2.45) is 0 Å². The summed E-state index contributed by atoms with van der Waals surface area (Å²) in [6.45, 7) is 3.17. The minimum Gasteiger partial charge on any atom is -0.491 e. The molecule has 6 heteroatoms. The molecule has 0 amide bonds. The smallest absolute Gasteiger partial charge is 0.156 e. The summed E-state index contributed by atoms with van der Waals surface area (Å²) >= 11 is 19.0. The first kappa shape index (κ1) is 16.9. The van der Waals surface area contributed by atoms with Crippen LogP contribution in [0.3, 0.4) is 0 Å². The first-order valence-electron chi connectivity index (χ1n) is 6.31. The molecule has 2 nitrogen and oxygen atoms in total. The van der Waals surface area contributed by atoms with Crippen LogP contribution in [0.15, 0.2) is 39.3 Å². The fourth-order valence-corrected chi connectivity index (χ4v) is 3.30. The SMILES string of the molecule is CCOc1c(Br)cc(Cl)cc1NCc1ccc(Cl)c(Br)c1. The lowest BCUT2D eigenvalue weighted by Gasteiger charge is -2.15. The third-order valence-electron chi connectivity index (χ3n) is 2.76. The maximum absolute atomic E-state index is 6.10. The van der Waals surface area contributed by atoms with Gasteiger partial charge in [-0.05, 0) is 68.6 Å². The van der Waals surface area contributed by atoms with E-state index in [0.717, 1.165) is 25.9 Å². The van der Waals surface area contributed by atoms with Gasteiger partial charge in [0.25, 0.3) is 0 Å². The van der Waals surface area contributed by atoms with Gasteiger partial charge in [0.2, 0.25) is 0 Å². The van der Waals surface area contributed by atoms with Gasteiger partial charge in [0, 0.05) is 16.0 Å². The minimum atomic E-state index is 0.585. The van der Waals surface area contributed by atoms with Gasteiger partial charge in [-0.1, -0.05) is 29.3 Å². The number of hydrogen-bond donors (Lipinski definition) is 1. The Morgan fingerprint density at radius 3 is 2.52 bits per heavy atom. The maximum atomic E-state index is 6.10. The number of rotatable bonds is 5. The number of halogens is 4. The summed E-state index contributed by atoms with van der Waals surface area (Å²) in [6, 6.07) is 9.48. The summed E-state index contributed by atoms with van der Waals surface area (Å²) in [6.07, 6.45) is 0. The Labute approximate surface area is 151 Å². The highest BCUT2D eigenvalue weighted by Gasteiger charge is 2.10. The molecule has 0 saturated carbocycles. The lowest BCUT2D eigenvalue weighted by molar-refractivity contribution is 0.339. The molecule has 0 bridgehead atoms. The predicted molar refractivity (Wildman–Crippen MR) is 96.8 cm³/mol. The van der Waals surface area contributed by atoms with Crippen LogP contribution in [-0.4, -0.2) is 6.61 Å². The van der Waals surface area contributed by atoms with Crippen LogP contribution < -0.4 is 10.1 Å². The third kappa shape index (κ3) is 4.52. The maximum Gasteiger partial charge on any atom is 0.156 e. The highest BCUT2D eigenvalue weighted by atomic mass is 79.9. The molecule has 0 aromatic heterocycles. The van der Waals surface area contributed by atoms with Crippen molar-refractivity contribution in [2.45, 2.75) is 13.5 Å².